The number of nitriles is 1. The first-order chi connectivity index (χ1) is 17.5. The predicted octanol–water partition coefficient (Wildman–Crippen LogP) is 5.00. The van der Waals surface area contributed by atoms with Gasteiger partial charge in [-0.3, -0.25) is 9.89 Å². The Morgan fingerprint density at radius 1 is 1.17 bits per heavy atom. The van der Waals surface area contributed by atoms with Crippen molar-refractivity contribution in [2.24, 2.45) is 5.92 Å². The summed E-state index contributed by atoms with van der Waals surface area (Å²) in [5.41, 5.74) is 4.50. The van der Waals surface area contributed by atoms with E-state index in [4.69, 9.17) is 4.98 Å². The van der Waals surface area contributed by atoms with Crippen LogP contribution in [0.4, 0.5) is 23.0 Å². The fraction of sp³-hybridized carbons (Fsp3) is 0.222. The second-order valence-electron chi connectivity index (χ2n) is 8.92. The van der Waals surface area contributed by atoms with Crippen LogP contribution in [0.3, 0.4) is 0 Å². The van der Waals surface area contributed by atoms with Crippen LogP contribution in [-0.2, 0) is 4.79 Å². The number of anilines is 4. The molecule has 1 aliphatic rings. The van der Waals surface area contributed by atoms with Gasteiger partial charge in [-0.2, -0.15) is 15.3 Å². The van der Waals surface area contributed by atoms with Crippen LogP contribution >= 0.6 is 0 Å². The number of aromatic amines is 1. The molecular weight excluding hydrogens is 452 g/mol. The molecule has 36 heavy (non-hydrogen) atoms. The van der Waals surface area contributed by atoms with E-state index in [1.165, 1.54) is 18.9 Å². The molecule has 0 spiro atoms. The smallest absolute Gasteiger partial charge is 0.247 e. The maximum absolute atomic E-state index is 11.8. The summed E-state index contributed by atoms with van der Waals surface area (Å²) >= 11 is 0. The summed E-state index contributed by atoms with van der Waals surface area (Å²) in [6.07, 6.45) is 3.59. The second kappa shape index (κ2) is 9.88. The van der Waals surface area contributed by atoms with Crippen LogP contribution < -0.4 is 15.5 Å². The van der Waals surface area contributed by atoms with Gasteiger partial charge in [0, 0.05) is 35.7 Å². The standard InChI is InChI=1S/C27H26N8O/c1-3-23(36)29-19-7-4-6-18(14-19)25-24-22(16-28)33-34-26(24)32-27(31-25)30-20-8-5-9-21(15-20)35-12-10-17(2)11-13-35/h3-9,14-15,17H,1,10-13H2,2H3,(H,29,36)(H2,30,31,32,33,34). The highest BCUT2D eigenvalue weighted by atomic mass is 16.1. The molecule has 0 aliphatic carbocycles. The first-order valence-electron chi connectivity index (χ1n) is 11.9. The van der Waals surface area contributed by atoms with Crippen molar-refractivity contribution in [2.75, 3.05) is 28.6 Å². The first kappa shape index (κ1) is 23.1. The highest BCUT2D eigenvalue weighted by Crippen LogP contribution is 2.32. The Balaban J connectivity index is 1.51. The molecule has 0 bridgehead atoms. The summed E-state index contributed by atoms with van der Waals surface area (Å²) in [6.45, 7) is 7.88. The molecule has 0 atom stereocenters. The zero-order valence-electron chi connectivity index (χ0n) is 20.0. The fourth-order valence-corrected chi connectivity index (χ4v) is 4.39. The van der Waals surface area contributed by atoms with E-state index in [0.29, 0.717) is 33.9 Å². The van der Waals surface area contributed by atoms with E-state index in [2.05, 4.69) is 62.4 Å². The lowest BCUT2D eigenvalue weighted by Crippen LogP contribution is -2.32. The Hall–Kier alpha value is -4.71. The van der Waals surface area contributed by atoms with Crippen molar-refractivity contribution >= 4 is 40.0 Å². The number of nitrogens with zero attached hydrogens (tertiary/aromatic N) is 5. The topological polar surface area (TPSA) is 123 Å². The number of amides is 1. The molecule has 1 amide bonds. The quantitative estimate of drug-likeness (QED) is 0.333. The number of carbonyl (C=O) groups is 1. The van der Waals surface area contributed by atoms with Gasteiger partial charge in [-0.25, -0.2) is 4.98 Å². The van der Waals surface area contributed by atoms with Gasteiger partial charge in [0.25, 0.3) is 0 Å². The molecule has 2 aromatic heterocycles. The van der Waals surface area contributed by atoms with Crippen LogP contribution in [0, 0.1) is 17.2 Å². The minimum Gasteiger partial charge on any atom is -0.371 e. The number of rotatable bonds is 6. The lowest BCUT2D eigenvalue weighted by molar-refractivity contribution is -0.111. The van der Waals surface area contributed by atoms with Gasteiger partial charge in [-0.15, -0.1) is 0 Å². The van der Waals surface area contributed by atoms with Crippen molar-refractivity contribution in [1.29, 1.82) is 5.26 Å². The van der Waals surface area contributed by atoms with Gasteiger partial charge in [0.2, 0.25) is 11.9 Å². The predicted molar refractivity (Wildman–Crippen MR) is 141 cm³/mol. The van der Waals surface area contributed by atoms with E-state index >= 15 is 0 Å². The highest BCUT2D eigenvalue weighted by Gasteiger charge is 2.19. The number of fused-ring (bicyclic) bond motifs is 1. The summed E-state index contributed by atoms with van der Waals surface area (Å²) in [5, 5.41) is 23.1. The summed E-state index contributed by atoms with van der Waals surface area (Å²) in [4.78, 5) is 23.5. The normalized spacial score (nSPS) is 13.8. The van der Waals surface area contributed by atoms with Gasteiger partial charge in [0.05, 0.1) is 11.1 Å². The molecule has 0 radical (unpaired) electrons. The van der Waals surface area contributed by atoms with Crippen molar-refractivity contribution in [2.45, 2.75) is 19.8 Å². The first-order valence-corrected chi connectivity index (χ1v) is 11.9. The molecule has 1 fully saturated rings. The van der Waals surface area contributed by atoms with Gasteiger partial charge in [0.1, 0.15) is 6.07 Å². The number of nitrogens with one attached hydrogen (secondary N) is 3. The zero-order chi connectivity index (χ0) is 25.1. The van der Waals surface area contributed by atoms with Crippen LogP contribution in [0.15, 0.2) is 61.2 Å². The minimum atomic E-state index is -0.314. The number of aromatic nitrogens is 4. The van der Waals surface area contributed by atoms with Crippen molar-refractivity contribution in [3.63, 3.8) is 0 Å². The van der Waals surface area contributed by atoms with Crippen molar-refractivity contribution in [3.8, 4) is 17.3 Å². The van der Waals surface area contributed by atoms with Crippen molar-refractivity contribution in [3.05, 3.63) is 66.9 Å². The third-order valence-electron chi connectivity index (χ3n) is 6.37. The van der Waals surface area contributed by atoms with Crippen molar-refractivity contribution in [1.82, 2.24) is 20.2 Å². The number of carbonyl (C=O) groups excluding carboxylic acids is 1. The number of hydrogen-bond acceptors (Lipinski definition) is 7. The van der Waals surface area contributed by atoms with Gasteiger partial charge < -0.3 is 15.5 Å². The molecule has 2 aromatic carbocycles. The van der Waals surface area contributed by atoms with Crippen LogP contribution in [0.25, 0.3) is 22.3 Å². The van der Waals surface area contributed by atoms with E-state index in [9.17, 15) is 10.1 Å². The maximum atomic E-state index is 11.8. The number of benzene rings is 2. The Kier molecular flexibility index (Phi) is 6.33. The van der Waals surface area contributed by atoms with E-state index in [-0.39, 0.29) is 11.6 Å². The molecule has 180 valence electrons. The number of H-pyrrole nitrogens is 1. The molecule has 3 heterocycles. The molecule has 9 nitrogen and oxygen atoms in total. The average Bonchev–Trinajstić information content (AvgIpc) is 3.32. The molecule has 1 saturated heterocycles. The molecule has 3 N–H and O–H groups in total. The second-order valence-corrected chi connectivity index (χ2v) is 8.92. The Labute approximate surface area is 208 Å². The number of piperidine rings is 1. The van der Waals surface area contributed by atoms with E-state index in [0.717, 1.165) is 30.4 Å². The van der Waals surface area contributed by atoms with Crippen molar-refractivity contribution < 1.29 is 4.79 Å². The Morgan fingerprint density at radius 2 is 1.94 bits per heavy atom. The lowest BCUT2D eigenvalue weighted by Gasteiger charge is -2.32. The van der Waals surface area contributed by atoms with Crippen LogP contribution in [0.5, 0.6) is 0 Å². The van der Waals surface area contributed by atoms with Crippen LogP contribution in [-0.4, -0.2) is 39.2 Å². The summed E-state index contributed by atoms with van der Waals surface area (Å²) in [6, 6.07) is 17.5. The fourth-order valence-electron chi connectivity index (χ4n) is 4.39. The summed E-state index contributed by atoms with van der Waals surface area (Å²) < 4.78 is 0. The van der Waals surface area contributed by atoms with E-state index in [1.807, 2.05) is 24.3 Å². The molecule has 0 saturated carbocycles. The van der Waals surface area contributed by atoms with E-state index in [1.54, 1.807) is 12.1 Å². The SMILES string of the molecule is C=CC(=O)Nc1cccc(-c2nc(Nc3cccc(N4CCC(C)CC4)c3)nc3[nH]nc(C#N)c23)c1. The Morgan fingerprint density at radius 3 is 2.72 bits per heavy atom. The molecule has 0 unspecified atom stereocenters. The minimum absolute atomic E-state index is 0.202. The molecule has 9 heteroatoms. The summed E-state index contributed by atoms with van der Waals surface area (Å²) in [5.74, 6) is 0.819. The van der Waals surface area contributed by atoms with Gasteiger partial charge in [-0.05, 0) is 55.2 Å². The summed E-state index contributed by atoms with van der Waals surface area (Å²) in [7, 11) is 0. The third-order valence-corrected chi connectivity index (χ3v) is 6.37. The average molecular weight is 479 g/mol. The molecule has 5 rings (SSSR count). The number of hydrogen-bond donors (Lipinski definition) is 3. The zero-order valence-corrected chi connectivity index (χ0v) is 20.0. The van der Waals surface area contributed by atoms with Gasteiger partial charge >= 0.3 is 0 Å². The largest absolute Gasteiger partial charge is 0.371 e. The lowest BCUT2D eigenvalue weighted by atomic mass is 9.99. The monoisotopic (exact) mass is 478 g/mol. The van der Waals surface area contributed by atoms with Gasteiger partial charge in [-0.1, -0.05) is 31.7 Å². The van der Waals surface area contributed by atoms with E-state index < -0.39 is 0 Å². The van der Waals surface area contributed by atoms with Gasteiger partial charge in [0.15, 0.2) is 11.3 Å². The Bertz CT molecular complexity index is 1480. The molecule has 1 aliphatic heterocycles. The highest BCUT2D eigenvalue weighted by molar-refractivity contribution is 6.00. The third kappa shape index (κ3) is 4.74. The van der Waals surface area contributed by atoms with Crippen LogP contribution in [0.1, 0.15) is 25.5 Å². The molecule has 4 aromatic rings. The molecular formula is C27H26N8O. The maximum Gasteiger partial charge on any atom is 0.247 e. The van der Waals surface area contributed by atoms with Crippen LogP contribution in [0.2, 0.25) is 0 Å².